The molecule has 1 aromatic rings. The summed E-state index contributed by atoms with van der Waals surface area (Å²) >= 11 is 11.3. The first-order chi connectivity index (χ1) is 6.06. The van der Waals surface area contributed by atoms with Crippen LogP contribution in [0.15, 0.2) is 6.07 Å². The van der Waals surface area contributed by atoms with Crippen LogP contribution in [0.4, 0.5) is 0 Å². The zero-order valence-electron chi connectivity index (χ0n) is 7.10. The van der Waals surface area contributed by atoms with E-state index in [1.54, 1.807) is 13.0 Å². The number of esters is 1. The van der Waals surface area contributed by atoms with Crippen molar-refractivity contribution in [2.45, 2.75) is 6.92 Å². The van der Waals surface area contributed by atoms with E-state index in [1.165, 1.54) is 7.11 Å². The van der Waals surface area contributed by atoms with Gasteiger partial charge in [-0.05, 0) is 18.6 Å². The molecule has 0 N–H and O–H groups in total. The monoisotopic (exact) mass is 219 g/mol. The number of methoxy groups -OCH3 is 1. The molecule has 0 saturated heterocycles. The fourth-order valence-corrected chi connectivity index (χ4v) is 1.21. The second-order valence-electron chi connectivity index (χ2n) is 2.42. The Morgan fingerprint density at radius 2 is 2.15 bits per heavy atom. The molecule has 0 bridgehead atoms. The molecule has 0 aromatic carbocycles. The van der Waals surface area contributed by atoms with Crippen LogP contribution in [-0.4, -0.2) is 18.1 Å². The summed E-state index contributed by atoms with van der Waals surface area (Å²) in [7, 11) is 1.28. The number of aryl methyl sites for hydroxylation is 1. The molecule has 1 aromatic heterocycles. The number of ether oxygens (including phenoxy) is 1. The molecule has 0 saturated carbocycles. The van der Waals surface area contributed by atoms with E-state index in [0.717, 1.165) is 0 Å². The molecule has 0 amide bonds. The van der Waals surface area contributed by atoms with E-state index < -0.39 is 5.97 Å². The lowest BCUT2D eigenvalue weighted by atomic mass is 10.2. The summed E-state index contributed by atoms with van der Waals surface area (Å²) in [6.07, 6.45) is 0. The van der Waals surface area contributed by atoms with Gasteiger partial charge >= 0.3 is 5.97 Å². The van der Waals surface area contributed by atoms with E-state index >= 15 is 0 Å². The molecule has 1 heterocycles. The van der Waals surface area contributed by atoms with Gasteiger partial charge in [-0.25, -0.2) is 9.78 Å². The summed E-state index contributed by atoms with van der Waals surface area (Å²) in [5, 5.41) is 0.430. The smallest absolute Gasteiger partial charge is 0.356 e. The Morgan fingerprint density at radius 3 is 2.69 bits per heavy atom. The largest absolute Gasteiger partial charge is 0.464 e. The average molecular weight is 220 g/mol. The fraction of sp³-hybridized carbons (Fsp3) is 0.250. The zero-order valence-corrected chi connectivity index (χ0v) is 8.61. The third-order valence-electron chi connectivity index (χ3n) is 1.50. The zero-order chi connectivity index (χ0) is 10.0. The Balaban J connectivity index is 3.23. The quantitative estimate of drug-likeness (QED) is 0.539. The SMILES string of the molecule is COC(=O)c1nc(Cl)c(Cl)cc1C. The normalized spacial score (nSPS) is 9.85. The lowest BCUT2D eigenvalue weighted by Gasteiger charge is -2.03. The van der Waals surface area contributed by atoms with E-state index in [0.29, 0.717) is 10.6 Å². The lowest BCUT2D eigenvalue weighted by Crippen LogP contribution is -2.06. The van der Waals surface area contributed by atoms with Crippen molar-refractivity contribution in [3.8, 4) is 0 Å². The molecule has 1 rings (SSSR count). The van der Waals surface area contributed by atoms with Crippen LogP contribution >= 0.6 is 23.2 Å². The molecule has 0 atom stereocenters. The number of nitrogens with zero attached hydrogens (tertiary/aromatic N) is 1. The number of carbonyl (C=O) groups is 1. The van der Waals surface area contributed by atoms with Gasteiger partial charge in [0.25, 0.3) is 0 Å². The van der Waals surface area contributed by atoms with E-state index in [1.807, 2.05) is 0 Å². The predicted molar refractivity (Wildman–Crippen MR) is 50.3 cm³/mol. The summed E-state index contributed by atoms with van der Waals surface area (Å²) < 4.78 is 4.51. The molecule has 0 aliphatic heterocycles. The van der Waals surface area contributed by atoms with E-state index in [-0.39, 0.29) is 10.8 Å². The molecule has 13 heavy (non-hydrogen) atoms. The summed E-state index contributed by atoms with van der Waals surface area (Å²) in [6.45, 7) is 1.71. The van der Waals surface area contributed by atoms with Gasteiger partial charge in [0.05, 0.1) is 12.1 Å². The van der Waals surface area contributed by atoms with Crippen LogP contribution in [0, 0.1) is 6.92 Å². The number of hydrogen-bond acceptors (Lipinski definition) is 3. The van der Waals surface area contributed by atoms with E-state index in [4.69, 9.17) is 23.2 Å². The second-order valence-corrected chi connectivity index (χ2v) is 3.18. The first-order valence-corrected chi connectivity index (χ1v) is 4.22. The minimum atomic E-state index is -0.518. The van der Waals surface area contributed by atoms with Gasteiger partial charge in [-0.2, -0.15) is 0 Å². The maximum Gasteiger partial charge on any atom is 0.356 e. The van der Waals surface area contributed by atoms with Crippen LogP contribution in [0.1, 0.15) is 16.1 Å². The van der Waals surface area contributed by atoms with Gasteiger partial charge < -0.3 is 4.74 Å². The highest BCUT2D eigenvalue weighted by Crippen LogP contribution is 2.22. The molecule has 0 unspecified atom stereocenters. The van der Waals surface area contributed by atoms with Crippen molar-refractivity contribution in [1.29, 1.82) is 0 Å². The van der Waals surface area contributed by atoms with Crippen molar-refractivity contribution in [3.05, 3.63) is 27.5 Å². The third kappa shape index (κ3) is 2.11. The molecule has 5 heteroatoms. The standard InChI is InChI=1S/C8H7Cl2NO2/c1-4-3-5(9)7(10)11-6(4)8(12)13-2/h3H,1-2H3. The average Bonchev–Trinajstić information content (AvgIpc) is 2.10. The summed E-state index contributed by atoms with van der Waals surface area (Å²) in [5.41, 5.74) is 0.832. The molecule has 70 valence electrons. The Kier molecular flexibility index (Phi) is 3.12. The van der Waals surface area contributed by atoms with Crippen molar-refractivity contribution in [1.82, 2.24) is 4.98 Å². The highest BCUT2D eigenvalue weighted by Gasteiger charge is 2.13. The molecule has 0 aliphatic rings. The molecule has 0 radical (unpaired) electrons. The minimum absolute atomic E-state index is 0.104. The van der Waals surface area contributed by atoms with Crippen LogP contribution in [0.5, 0.6) is 0 Å². The number of rotatable bonds is 1. The first kappa shape index (κ1) is 10.3. The van der Waals surface area contributed by atoms with Crippen LogP contribution < -0.4 is 0 Å². The van der Waals surface area contributed by atoms with Gasteiger partial charge in [0.2, 0.25) is 0 Å². The van der Waals surface area contributed by atoms with Gasteiger partial charge in [0.1, 0.15) is 5.15 Å². The van der Waals surface area contributed by atoms with Gasteiger partial charge in [-0.1, -0.05) is 23.2 Å². The number of pyridine rings is 1. The summed E-state index contributed by atoms with van der Waals surface area (Å²) in [4.78, 5) is 14.9. The lowest BCUT2D eigenvalue weighted by molar-refractivity contribution is 0.0593. The molecule has 3 nitrogen and oxygen atoms in total. The van der Waals surface area contributed by atoms with Crippen molar-refractivity contribution in [3.63, 3.8) is 0 Å². The molecule has 0 fully saturated rings. The Labute approximate surface area is 85.6 Å². The van der Waals surface area contributed by atoms with Crippen LogP contribution in [0.25, 0.3) is 0 Å². The Morgan fingerprint density at radius 1 is 1.54 bits per heavy atom. The maximum atomic E-state index is 11.1. The number of aromatic nitrogens is 1. The highest BCUT2D eigenvalue weighted by atomic mass is 35.5. The van der Waals surface area contributed by atoms with Crippen LogP contribution in [0.3, 0.4) is 0 Å². The fourth-order valence-electron chi connectivity index (χ4n) is 0.861. The summed E-state index contributed by atoms with van der Waals surface area (Å²) in [6, 6.07) is 1.57. The van der Waals surface area contributed by atoms with Crippen molar-refractivity contribution in [2.24, 2.45) is 0 Å². The predicted octanol–water partition coefficient (Wildman–Crippen LogP) is 2.48. The van der Waals surface area contributed by atoms with Gasteiger partial charge in [0.15, 0.2) is 5.69 Å². The minimum Gasteiger partial charge on any atom is -0.464 e. The van der Waals surface area contributed by atoms with Crippen LogP contribution in [0.2, 0.25) is 10.2 Å². The van der Waals surface area contributed by atoms with Gasteiger partial charge in [-0.15, -0.1) is 0 Å². The molecular weight excluding hydrogens is 213 g/mol. The third-order valence-corrected chi connectivity index (χ3v) is 2.18. The molecular formula is C8H7Cl2NO2. The molecule has 0 aliphatic carbocycles. The molecule has 0 spiro atoms. The van der Waals surface area contributed by atoms with Gasteiger partial charge in [-0.3, -0.25) is 0 Å². The Bertz CT molecular complexity index is 352. The number of carbonyl (C=O) groups excluding carboxylic acids is 1. The number of hydrogen-bond donors (Lipinski definition) is 0. The summed E-state index contributed by atoms with van der Waals surface area (Å²) in [5.74, 6) is -0.518. The number of halogens is 2. The van der Waals surface area contributed by atoms with Crippen molar-refractivity contribution in [2.75, 3.05) is 7.11 Å². The first-order valence-electron chi connectivity index (χ1n) is 3.47. The maximum absolute atomic E-state index is 11.1. The van der Waals surface area contributed by atoms with E-state index in [9.17, 15) is 4.79 Å². The second kappa shape index (κ2) is 3.94. The Hall–Kier alpha value is -0.800. The van der Waals surface area contributed by atoms with Crippen molar-refractivity contribution >= 4 is 29.2 Å². The van der Waals surface area contributed by atoms with Gasteiger partial charge in [0, 0.05) is 0 Å². The van der Waals surface area contributed by atoms with E-state index in [2.05, 4.69) is 9.72 Å². The van der Waals surface area contributed by atoms with Crippen LogP contribution in [-0.2, 0) is 4.74 Å². The highest BCUT2D eigenvalue weighted by molar-refractivity contribution is 6.41. The topological polar surface area (TPSA) is 39.2 Å². The van der Waals surface area contributed by atoms with Crippen molar-refractivity contribution < 1.29 is 9.53 Å².